The van der Waals surface area contributed by atoms with Crippen molar-refractivity contribution in [1.82, 2.24) is 20.0 Å². The molecule has 0 radical (unpaired) electrons. The minimum Gasteiger partial charge on any atom is -0.478 e. The van der Waals surface area contributed by atoms with Crippen LogP contribution in [0.15, 0.2) is 29.8 Å². The lowest BCUT2D eigenvalue weighted by Crippen LogP contribution is -2.02. The zero-order valence-electron chi connectivity index (χ0n) is 9.15. The largest absolute Gasteiger partial charge is 0.478 e. The molecule has 3 rings (SSSR count). The average molecular weight is 260 g/mol. The van der Waals surface area contributed by atoms with Crippen LogP contribution in [0.5, 0.6) is 0 Å². The molecule has 18 heavy (non-hydrogen) atoms. The van der Waals surface area contributed by atoms with Crippen LogP contribution >= 0.6 is 11.3 Å². The number of aromatic carboxylic acids is 1. The van der Waals surface area contributed by atoms with Gasteiger partial charge in [0.1, 0.15) is 10.5 Å². The average Bonchev–Trinajstić information content (AvgIpc) is 2.99. The standard InChI is InChI=1S/C11H8N4O2S/c16-11(17)7-1-2-8-9(5-7)15(14-13-8)6-10-12-3-4-18-10/h1-5H,6H2,(H,16,17). The molecule has 3 aromatic rings. The van der Waals surface area contributed by atoms with Gasteiger partial charge in [0.05, 0.1) is 17.6 Å². The van der Waals surface area contributed by atoms with Crippen LogP contribution in [0.3, 0.4) is 0 Å². The second-order valence-corrected chi connectivity index (χ2v) is 4.66. The van der Waals surface area contributed by atoms with Gasteiger partial charge in [-0.25, -0.2) is 14.5 Å². The quantitative estimate of drug-likeness (QED) is 0.774. The van der Waals surface area contributed by atoms with Crippen molar-refractivity contribution in [2.24, 2.45) is 0 Å². The number of carbonyl (C=O) groups is 1. The van der Waals surface area contributed by atoms with E-state index >= 15 is 0 Å². The van der Waals surface area contributed by atoms with E-state index in [1.54, 1.807) is 23.0 Å². The summed E-state index contributed by atoms with van der Waals surface area (Å²) in [5, 5.41) is 19.8. The number of hydrogen-bond donors (Lipinski definition) is 1. The SMILES string of the molecule is O=C(O)c1ccc2nnn(Cc3nccs3)c2c1. The highest BCUT2D eigenvalue weighted by atomic mass is 32.1. The summed E-state index contributed by atoms with van der Waals surface area (Å²) in [4.78, 5) is 15.1. The van der Waals surface area contributed by atoms with Crippen LogP contribution < -0.4 is 0 Å². The molecule has 0 unspecified atom stereocenters. The van der Waals surface area contributed by atoms with Gasteiger partial charge < -0.3 is 5.11 Å². The van der Waals surface area contributed by atoms with E-state index in [1.807, 2.05) is 5.38 Å². The highest BCUT2D eigenvalue weighted by Gasteiger charge is 2.10. The summed E-state index contributed by atoms with van der Waals surface area (Å²) in [6.45, 7) is 0.497. The first kappa shape index (κ1) is 10.8. The minimum absolute atomic E-state index is 0.227. The molecule has 0 fully saturated rings. The molecule has 6 nitrogen and oxygen atoms in total. The Labute approximate surface area is 106 Å². The highest BCUT2D eigenvalue weighted by molar-refractivity contribution is 7.09. The third-order valence-electron chi connectivity index (χ3n) is 2.53. The number of carboxylic acids is 1. The fourth-order valence-electron chi connectivity index (χ4n) is 1.67. The molecular weight excluding hydrogens is 252 g/mol. The van der Waals surface area contributed by atoms with E-state index < -0.39 is 5.97 Å². The molecule has 0 aliphatic carbocycles. The van der Waals surface area contributed by atoms with Gasteiger partial charge in [0.25, 0.3) is 0 Å². The topological polar surface area (TPSA) is 80.9 Å². The van der Waals surface area contributed by atoms with Gasteiger partial charge in [-0.1, -0.05) is 5.21 Å². The first-order chi connectivity index (χ1) is 8.74. The lowest BCUT2D eigenvalue weighted by molar-refractivity contribution is 0.0697. The molecule has 90 valence electrons. The number of benzene rings is 1. The van der Waals surface area contributed by atoms with Crippen LogP contribution in [0.2, 0.25) is 0 Å². The molecular formula is C11H8N4O2S. The van der Waals surface area contributed by atoms with E-state index in [9.17, 15) is 4.79 Å². The normalized spacial score (nSPS) is 10.9. The van der Waals surface area contributed by atoms with Crippen molar-refractivity contribution in [2.45, 2.75) is 6.54 Å². The highest BCUT2D eigenvalue weighted by Crippen LogP contribution is 2.15. The monoisotopic (exact) mass is 260 g/mol. The van der Waals surface area contributed by atoms with Crippen molar-refractivity contribution >= 4 is 28.3 Å². The van der Waals surface area contributed by atoms with Gasteiger partial charge in [0.15, 0.2) is 0 Å². The Bertz CT molecular complexity index is 705. The maximum Gasteiger partial charge on any atom is 0.335 e. The maximum atomic E-state index is 10.9. The zero-order chi connectivity index (χ0) is 12.5. The lowest BCUT2D eigenvalue weighted by Gasteiger charge is -1.99. The predicted octanol–water partition coefficient (Wildman–Crippen LogP) is 1.63. The molecule has 2 heterocycles. The molecule has 0 bridgehead atoms. The van der Waals surface area contributed by atoms with E-state index in [2.05, 4.69) is 15.3 Å². The van der Waals surface area contributed by atoms with Gasteiger partial charge in [0.2, 0.25) is 0 Å². The summed E-state index contributed by atoms with van der Waals surface area (Å²) in [6, 6.07) is 4.75. The number of carboxylic acid groups (broad SMARTS) is 1. The van der Waals surface area contributed by atoms with Crippen molar-refractivity contribution in [3.05, 3.63) is 40.3 Å². The van der Waals surface area contributed by atoms with Gasteiger partial charge in [-0.05, 0) is 18.2 Å². The lowest BCUT2D eigenvalue weighted by atomic mass is 10.2. The first-order valence-electron chi connectivity index (χ1n) is 5.19. The van der Waals surface area contributed by atoms with Crippen molar-refractivity contribution < 1.29 is 9.90 Å². The minimum atomic E-state index is -0.959. The van der Waals surface area contributed by atoms with Gasteiger partial charge in [-0.3, -0.25) is 0 Å². The summed E-state index contributed by atoms with van der Waals surface area (Å²) in [6.07, 6.45) is 1.72. The Balaban J connectivity index is 2.06. The number of hydrogen-bond acceptors (Lipinski definition) is 5. The number of fused-ring (bicyclic) bond motifs is 1. The second kappa shape index (κ2) is 4.19. The van der Waals surface area contributed by atoms with Gasteiger partial charge in [0, 0.05) is 11.6 Å². The zero-order valence-corrected chi connectivity index (χ0v) is 9.96. The Morgan fingerprint density at radius 3 is 3.06 bits per heavy atom. The smallest absolute Gasteiger partial charge is 0.335 e. The molecule has 1 aromatic carbocycles. The number of rotatable bonds is 3. The Kier molecular flexibility index (Phi) is 2.52. The van der Waals surface area contributed by atoms with Gasteiger partial charge in [-0.2, -0.15) is 0 Å². The summed E-state index contributed by atoms with van der Waals surface area (Å²) in [5.74, 6) is -0.959. The van der Waals surface area contributed by atoms with Crippen molar-refractivity contribution in [3.63, 3.8) is 0 Å². The fourth-order valence-corrected chi connectivity index (χ4v) is 2.27. The summed E-state index contributed by atoms with van der Waals surface area (Å²) in [5.41, 5.74) is 1.60. The van der Waals surface area contributed by atoms with Crippen LogP contribution in [0, 0.1) is 0 Å². The Morgan fingerprint density at radius 2 is 2.33 bits per heavy atom. The van der Waals surface area contributed by atoms with Gasteiger partial charge in [-0.15, -0.1) is 16.4 Å². The van der Waals surface area contributed by atoms with Crippen LogP contribution in [0.25, 0.3) is 11.0 Å². The van der Waals surface area contributed by atoms with Crippen molar-refractivity contribution in [3.8, 4) is 0 Å². The third-order valence-corrected chi connectivity index (χ3v) is 3.29. The molecule has 0 aliphatic heterocycles. The molecule has 0 spiro atoms. The van der Waals surface area contributed by atoms with Crippen LogP contribution in [-0.2, 0) is 6.54 Å². The molecule has 0 aliphatic rings. The summed E-state index contributed by atoms with van der Waals surface area (Å²) >= 11 is 1.52. The molecule has 0 saturated carbocycles. The number of thiazole rings is 1. The third kappa shape index (κ3) is 1.84. The van der Waals surface area contributed by atoms with Crippen LogP contribution in [0.4, 0.5) is 0 Å². The van der Waals surface area contributed by atoms with E-state index in [1.165, 1.54) is 17.4 Å². The summed E-state index contributed by atoms with van der Waals surface area (Å²) in [7, 11) is 0. The predicted molar refractivity (Wildman–Crippen MR) is 65.7 cm³/mol. The first-order valence-corrected chi connectivity index (χ1v) is 6.07. The van der Waals surface area contributed by atoms with E-state index in [-0.39, 0.29) is 5.56 Å². The number of nitrogens with zero attached hydrogens (tertiary/aromatic N) is 4. The molecule has 0 atom stereocenters. The molecule has 1 N–H and O–H groups in total. The van der Waals surface area contributed by atoms with Crippen LogP contribution in [0.1, 0.15) is 15.4 Å². The van der Waals surface area contributed by atoms with Crippen LogP contribution in [-0.4, -0.2) is 31.1 Å². The van der Waals surface area contributed by atoms with E-state index in [0.29, 0.717) is 17.6 Å². The second-order valence-electron chi connectivity index (χ2n) is 3.68. The Morgan fingerprint density at radius 1 is 1.44 bits per heavy atom. The van der Waals surface area contributed by atoms with E-state index in [4.69, 9.17) is 5.11 Å². The molecule has 7 heteroatoms. The van der Waals surface area contributed by atoms with Gasteiger partial charge >= 0.3 is 5.97 Å². The maximum absolute atomic E-state index is 10.9. The Hall–Kier alpha value is -2.28. The molecule has 2 aromatic heterocycles. The molecule has 0 amide bonds. The van der Waals surface area contributed by atoms with Crippen molar-refractivity contribution in [1.29, 1.82) is 0 Å². The fraction of sp³-hybridized carbons (Fsp3) is 0.0909. The van der Waals surface area contributed by atoms with E-state index in [0.717, 1.165) is 5.01 Å². The van der Waals surface area contributed by atoms with Crippen molar-refractivity contribution in [2.75, 3.05) is 0 Å². The summed E-state index contributed by atoms with van der Waals surface area (Å²) < 4.78 is 1.65. The number of aromatic nitrogens is 4. The molecule has 0 saturated heterocycles.